The van der Waals surface area contributed by atoms with Gasteiger partial charge in [-0.25, -0.2) is 4.98 Å². The van der Waals surface area contributed by atoms with E-state index >= 15 is 0 Å². The molecular weight excluding hydrogens is 368 g/mol. The molecule has 1 atom stereocenters. The van der Waals surface area contributed by atoms with Crippen molar-refractivity contribution in [3.8, 4) is 11.6 Å². The van der Waals surface area contributed by atoms with Gasteiger partial charge in [0.25, 0.3) is 0 Å². The lowest BCUT2D eigenvalue weighted by molar-refractivity contribution is -0.147. The molecule has 0 fully saturated rings. The molecule has 1 unspecified atom stereocenters. The molecule has 2 aliphatic carbocycles. The fourth-order valence-electron chi connectivity index (χ4n) is 3.89. The molecule has 0 saturated carbocycles. The molecule has 0 bridgehead atoms. The van der Waals surface area contributed by atoms with E-state index in [0.29, 0.717) is 11.6 Å². The van der Waals surface area contributed by atoms with Gasteiger partial charge < -0.3 is 14.2 Å². The monoisotopic (exact) mass is 392 g/mol. The zero-order valence-corrected chi connectivity index (χ0v) is 16.7. The Morgan fingerprint density at radius 2 is 2.14 bits per heavy atom. The van der Waals surface area contributed by atoms with Gasteiger partial charge in [-0.2, -0.15) is 0 Å². The Kier molecular flexibility index (Phi) is 5.60. The van der Waals surface area contributed by atoms with Gasteiger partial charge in [0.1, 0.15) is 17.6 Å². The standard InChI is InChI=1S/C23H24N2O4/c1-15(26)28-21-11-5-7-16-13-17(14-25-22(16)21)29-23-19(9-6-12-24-23)18-8-3-4-10-20(18)27-2/h4,6,9-10,12-14,21H,3,5,7-8,11H2,1-2H3. The van der Waals surface area contributed by atoms with Crippen LogP contribution in [0.1, 0.15) is 55.5 Å². The predicted molar refractivity (Wildman–Crippen MR) is 108 cm³/mol. The molecule has 6 heteroatoms. The maximum Gasteiger partial charge on any atom is 0.303 e. The zero-order chi connectivity index (χ0) is 20.2. The number of methoxy groups -OCH3 is 1. The minimum absolute atomic E-state index is 0.279. The van der Waals surface area contributed by atoms with E-state index in [1.165, 1.54) is 6.92 Å². The number of carbonyl (C=O) groups is 1. The van der Waals surface area contributed by atoms with E-state index in [4.69, 9.17) is 14.2 Å². The Labute approximate surface area is 170 Å². The van der Waals surface area contributed by atoms with Gasteiger partial charge in [-0.1, -0.05) is 6.08 Å². The first-order valence-corrected chi connectivity index (χ1v) is 9.88. The van der Waals surface area contributed by atoms with Gasteiger partial charge in [0.05, 0.1) is 19.0 Å². The number of nitrogens with zero attached hydrogens (tertiary/aromatic N) is 2. The van der Waals surface area contributed by atoms with Crippen LogP contribution >= 0.6 is 0 Å². The first-order valence-electron chi connectivity index (χ1n) is 9.88. The Hall–Kier alpha value is -3.15. The lowest BCUT2D eigenvalue weighted by Crippen LogP contribution is -2.17. The number of fused-ring (bicyclic) bond motifs is 1. The van der Waals surface area contributed by atoms with Crippen LogP contribution in [-0.2, 0) is 20.7 Å². The summed E-state index contributed by atoms with van der Waals surface area (Å²) in [7, 11) is 1.68. The minimum Gasteiger partial charge on any atom is -0.496 e. The van der Waals surface area contributed by atoms with Gasteiger partial charge >= 0.3 is 5.97 Å². The molecule has 0 aromatic carbocycles. The summed E-state index contributed by atoms with van der Waals surface area (Å²) >= 11 is 0. The lowest BCUT2D eigenvalue weighted by Gasteiger charge is -2.24. The van der Waals surface area contributed by atoms with Gasteiger partial charge in [0, 0.05) is 24.3 Å². The van der Waals surface area contributed by atoms with E-state index < -0.39 is 0 Å². The highest BCUT2D eigenvalue weighted by Crippen LogP contribution is 2.37. The molecule has 0 radical (unpaired) electrons. The van der Waals surface area contributed by atoms with Crippen molar-refractivity contribution in [3.05, 3.63) is 65.3 Å². The predicted octanol–water partition coefficient (Wildman–Crippen LogP) is 4.92. The molecule has 0 saturated heterocycles. The molecule has 2 aromatic heterocycles. The van der Waals surface area contributed by atoms with Crippen molar-refractivity contribution >= 4 is 11.5 Å². The molecule has 0 aliphatic heterocycles. The molecule has 4 rings (SSSR count). The van der Waals surface area contributed by atoms with Crippen LogP contribution in [0, 0.1) is 0 Å². The van der Waals surface area contributed by atoms with Gasteiger partial charge in [-0.15, -0.1) is 0 Å². The Balaban J connectivity index is 1.64. The Morgan fingerprint density at radius 1 is 1.24 bits per heavy atom. The zero-order valence-electron chi connectivity index (χ0n) is 16.7. The highest BCUT2D eigenvalue weighted by Gasteiger charge is 2.25. The van der Waals surface area contributed by atoms with Crippen LogP contribution in [0.2, 0.25) is 0 Å². The normalized spacial score (nSPS) is 18.2. The van der Waals surface area contributed by atoms with Crippen molar-refractivity contribution in [2.45, 2.75) is 45.1 Å². The van der Waals surface area contributed by atoms with E-state index in [0.717, 1.165) is 60.3 Å². The number of aryl methyl sites for hydroxylation is 1. The molecule has 6 nitrogen and oxygen atoms in total. The minimum atomic E-state index is -0.285. The van der Waals surface area contributed by atoms with Gasteiger partial charge in [-0.3, -0.25) is 9.78 Å². The number of rotatable bonds is 5. The largest absolute Gasteiger partial charge is 0.496 e. The molecule has 2 aliphatic rings. The van der Waals surface area contributed by atoms with Crippen molar-refractivity contribution in [1.29, 1.82) is 0 Å². The van der Waals surface area contributed by atoms with Gasteiger partial charge in [0.15, 0.2) is 0 Å². The first kappa shape index (κ1) is 19.2. The first-order chi connectivity index (χ1) is 14.2. The molecule has 2 heterocycles. The number of carbonyl (C=O) groups excluding carboxylic acids is 1. The average Bonchev–Trinajstić information content (AvgIpc) is 2.74. The van der Waals surface area contributed by atoms with E-state index in [2.05, 4.69) is 16.0 Å². The third-order valence-electron chi connectivity index (χ3n) is 5.16. The fourth-order valence-corrected chi connectivity index (χ4v) is 3.89. The van der Waals surface area contributed by atoms with Crippen molar-refractivity contribution in [3.63, 3.8) is 0 Å². The number of aromatic nitrogens is 2. The summed E-state index contributed by atoms with van der Waals surface area (Å²) in [5, 5.41) is 0. The summed E-state index contributed by atoms with van der Waals surface area (Å²) in [6.07, 6.45) is 11.7. The second kappa shape index (κ2) is 8.47. The summed E-state index contributed by atoms with van der Waals surface area (Å²) in [6, 6.07) is 5.87. The lowest BCUT2D eigenvalue weighted by atomic mass is 9.93. The quantitative estimate of drug-likeness (QED) is 0.673. The maximum absolute atomic E-state index is 11.4. The van der Waals surface area contributed by atoms with Crippen molar-refractivity contribution < 1.29 is 19.0 Å². The van der Waals surface area contributed by atoms with Crippen LogP contribution < -0.4 is 4.74 Å². The van der Waals surface area contributed by atoms with Crippen LogP contribution in [0.4, 0.5) is 0 Å². The Morgan fingerprint density at radius 3 is 2.97 bits per heavy atom. The Bertz CT molecular complexity index is 981. The molecule has 150 valence electrons. The molecule has 0 N–H and O–H groups in total. The number of ether oxygens (including phenoxy) is 3. The van der Waals surface area contributed by atoms with E-state index in [-0.39, 0.29) is 12.1 Å². The van der Waals surface area contributed by atoms with Crippen molar-refractivity contribution in [2.24, 2.45) is 0 Å². The van der Waals surface area contributed by atoms with E-state index in [1.54, 1.807) is 19.5 Å². The topological polar surface area (TPSA) is 70.5 Å². The summed E-state index contributed by atoms with van der Waals surface area (Å²) in [6.45, 7) is 1.43. The molecule has 29 heavy (non-hydrogen) atoms. The number of hydrogen-bond donors (Lipinski definition) is 0. The summed E-state index contributed by atoms with van der Waals surface area (Å²) < 4.78 is 17.1. The highest BCUT2D eigenvalue weighted by molar-refractivity contribution is 5.73. The number of esters is 1. The van der Waals surface area contributed by atoms with Crippen LogP contribution in [-0.4, -0.2) is 23.0 Å². The van der Waals surface area contributed by atoms with Crippen molar-refractivity contribution in [1.82, 2.24) is 9.97 Å². The molecule has 0 spiro atoms. The number of hydrogen-bond acceptors (Lipinski definition) is 6. The summed E-state index contributed by atoms with van der Waals surface area (Å²) in [5.41, 5.74) is 3.87. The summed E-state index contributed by atoms with van der Waals surface area (Å²) in [4.78, 5) is 20.4. The fraction of sp³-hybridized carbons (Fsp3) is 0.348. The molecule has 0 amide bonds. The van der Waals surface area contributed by atoms with E-state index in [9.17, 15) is 4.79 Å². The molecule has 2 aromatic rings. The van der Waals surface area contributed by atoms with Crippen LogP contribution in [0.15, 0.2) is 48.5 Å². The highest BCUT2D eigenvalue weighted by atomic mass is 16.5. The van der Waals surface area contributed by atoms with Crippen LogP contribution in [0.25, 0.3) is 5.57 Å². The van der Waals surface area contributed by atoms with Crippen molar-refractivity contribution in [2.75, 3.05) is 7.11 Å². The van der Waals surface area contributed by atoms with Gasteiger partial charge in [-0.05, 0) is 61.9 Å². The summed E-state index contributed by atoms with van der Waals surface area (Å²) in [5.74, 6) is 1.70. The SMILES string of the molecule is COC1=C(c2cccnc2Oc2cnc3c(c2)CCCC3OC(C)=O)CCC=C1. The third-order valence-corrected chi connectivity index (χ3v) is 5.16. The van der Waals surface area contributed by atoms with Crippen LogP contribution in [0.3, 0.4) is 0 Å². The second-order valence-electron chi connectivity index (χ2n) is 7.15. The molecular formula is C23H24N2O4. The number of pyridine rings is 2. The van der Waals surface area contributed by atoms with Crippen LogP contribution in [0.5, 0.6) is 11.6 Å². The van der Waals surface area contributed by atoms with E-state index in [1.807, 2.05) is 24.3 Å². The maximum atomic E-state index is 11.4. The average molecular weight is 392 g/mol. The van der Waals surface area contributed by atoms with Gasteiger partial charge in [0.2, 0.25) is 5.88 Å². The number of allylic oxidation sites excluding steroid dienone is 3. The second-order valence-corrected chi connectivity index (χ2v) is 7.15. The smallest absolute Gasteiger partial charge is 0.303 e. The third kappa shape index (κ3) is 4.16.